The van der Waals surface area contributed by atoms with Crippen LogP contribution in [0.4, 0.5) is 18.9 Å². The number of amides is 1. The summed E-state index contributed by atoms with van der Waals surface area (Å²) in [6, 6.07) is 12.9. The second-order valence-electron chi connectivity index (χ2n) is 5.56. The van der Waals surface area contributed by atoms with Crippen molar-refractivity contribution in [2.45, 2.75) is 19.3 Å². The van der Waals surface area contributed by atoms with Crippen molar-refractivity contribution in [2.75, 3.05) is 5.32 Å². The third-order valence-corrected chi connectivity index (χ3v) is 3.57. The Morgan fingerprint density at radius 1 is 1.15 bits per heavy atom. The number of aliphatic hydroxyl groups excluding tert-OH is 1. The number of alkyl halides is 3. The zero-order chi connectivity index (χ0) is 19.9. The lowest BCUT2D eigenvalue weighted by atomic mass is 10.1. The summed E-state index contributed by atoms with van der Waals surface area (Å²) in [5, 5.41) is 23.2. The van der Waals surface area contributed by atoms with E-state index in [4.69, 9.17) is 10.4 Å². The van der Waals surface area contributed by atoms with Crippen LogP contribution in [0.2, 0.25) is 0 Å². The number of hydrogen-bond donors (Lipinski definition) is 3. The first-order valence-corrected chi connectivity index (χ1v) is 7.84. The van der Waals surface area contributed by atoms with Crippen molar-refractivity contribution in [3.63, 3.8) is 0 Å². The Bertz CT molecular complexity index is 869. The smallest absolute Gasteiger partial charge is 0.392 e. The van der Waals surface area contributed by atoms with Crippen LogP contribution in [0.25, 0.3) is 0 Å². The molecule has 0 atom stereocenters. The molecule has 0 fully saturated rings. The maximum absolute atomic E-state index is 12.7. The fourth-order valence-electron chi connectivity index (χ4n) is 2.15. The lowest BCUT2D eigenvalue weighted by molar-refractivity contribution is -0.137. The van der Waals surface area contributed by atoms with Crippen LogP contribution in [0.3, 0.4) is 0 Å². The lowest BCUT2D eigenvalue weighted by Gasteiger charge is -2.09. The van der Waals surface area contributed by atoms with Crippen molar-refractivity contribution in [1.82, 2.24) is 5.32 Å². The molecule has 8 heteroatoms. The molecule has 2 rings (SSSR count). The van der Waals surface area contributed by atoms with Crippen LogP contribution < -0.4 is 10.6 Å². The molecule has 0 spiro atoms. The van der Waals surface area contributed by atoms with E-state index in [0.717, 1.165) is 23.3 Å². The Morgan fingerprint density at radius 2 is 1.81 bits per heavy atom. The molecule has 2 aromatic carbocycles. The van der Waals surface area contributed by atoms with Crippen LogP contribution in [0, 0.1) is 11.3 Å². The minimum atomic E-state index is -4.53. The summed E-state index contributed by atoms with van der Waals surface area (Å²) in [5.74, 6) is -0.819. The van der Waals surface area contributed by atoms with Gasteiger partial charge in [-0.1, -0.05) is 30.3 Å². The first kappa shape index (κ1) is 20.0. The van der Waals surface area contributed by atoms with Gasteiger partial charge in [-0.15, -0.1) is 0 Å². The van der Waals surface area contributed by atoms with Crippen LogP contribution in [-0.2, 0) is 24.1 Å². The third-order valence-electron chi connectivity index (χ3n) is 3.57. The number of benzene rings is 2. The van der Waals surface area contributed by atoms with Gasteiger partial charge in [0.2, 0.25) is 0 Å². The van der Waals surface area contributed by atoms with Gasteiger partial charge < -0.3 is 15.7 Å². The van der Waals surface area contributed by atoms with Crippen LogP contribution in [0.5, 0.6) is 0 Å². The molecule has 0 aliphatic heterocycles. The zero-order valence-electron chi connectivity index (χ0n) is 14.0. The molecule has 1 amide bonds. The number of hydrogen-bond acceptors (Lipinski definition) is 4. The fraction of sp³-hybridized carbons (Fsp3) is 0.158. The molecule has 0 aliphatic carbocycles. The molecule has 0 heterocycles. The fourth-order valence-corrected chi connectivity index (χ4v) is 2.15. The van der Waals surface area contributed by atoms with E-state index in [0.29, 0.717) is 6.54 Å². The van der Waals surface area contributed by atoms with E-state index in [1.165, 1.54) is 18.3 Å². The van der Waals surface area contributed by atoms with Gasteiger partial charge in [0.05, 0.1) is 12.2 Å². The average molecular weight is 375 g/mol. The number of nitrogens with zero attached hydrogens (tertiary/aromatic N) is 1. The van der Waals surface area contributed by atoms with Gasteiger partial charge in [0.25, 0.3) is 5.91 Å². The summed E-state index contributed by atoms with van der Waals surface area (Å²) in [6.07, 6.45) is -3.33. The Kier molecular flexibility index (Phi) is 6.57. The van der Waals surface area contributed by atoms with E-state index in [2.05, 4.69) is 10.6 Å². The normalized spacial score (nSPS) is 11.6. The molecule has 0 bridgehead atoms. The molecule has 0 saturated heterocycles. The molecule has 2 aromatic rings. The van der Waals surface area contributed by atoms with Crippen molar-refractivity contribution in [3.8, 4) is 6.07 Å². The second-order valence-corrected chi connectivity index (χ2v) is 5.56. The van der Waals surface area contributed by atoms with Gasteiger partial charge in [0.1, 0.15) is 11.6 Å². The van der Waals surface area contributed by atoms with Crippen molar-refractivity contribution < 1.29 is 23.1 Å². The van der Waals surface area contributed by atoms with Gasteiger partial charge in [0.15, 0.2) is 0 Å². The number of anilines is 1. The highest BCUT2D eigenvalue weighted by atomic mass is 19.4. The quantitative estimate of drug-likeness (QED) is 0.534. The summed E-state index contributed by atoms with van der Waals surface area (Å²) in [5.41, 5.74) is 0.383. The SMILES string of the molecule is N#C/C(=C/NCc1ccc(CO)cc1)C(=O)Nc1cccc(C(F)(F)F)c1. The number of nitriles is 1. The number of halogens is 3. The topological polar surface area (TPSA) is 85.2 Å². The molecule has 3 N–H and O–H groups in total. The summed E-state index contributed by atoms with van der Waals surface area (Å²) < 4.78 is 38.1. The highest BCUT2D eigenvalue weighted by Gasteiger charge is 2.30. The van der Waals surface area contributed by atoms with Gasteiger partial charge in [0, 0.05) is 18.4 Å². The van der Waals surface area contributed by atoms with Crippen LogP contribution >= 0.6 is 0 Å². The molecule has 5 nitrogen and oxygen atoms in total. The van der Waals surface area contributed by atoms with Crippen molar-refractivity contribution in [3.05, 3.63) is 77.0 Å². The predicted octanol–water partition coefficient (Wildman–Crippen LogP) is 3.33. The third kappa shape index (κ3) is 5.87. The van der Waals surface area contributed by atoms with Crippen LogP contribution in [-0.4, -0.2) is 11.0 Å². The molecule has 0 aliphatic rings. The maximum atomic E-state index is 12.7. The van der Waals surface area contributed by atoms with Gasteiger partial charge in [-0.2, -0.15) is 18.4 Å². The highest BCUT2D eigenvalue weighted by Crippen LogP contribution is 2.30. The molecule has 0 unspecified atom stereocenters. The van der Waals surface area contributed by atoms with Crippen molar-refractivity contribution in [1.29, 1.82) is 5.26 Å². The largest absolute Gasteiger partial charge is 0.416 e. The second kappa shape index (κ2) is 8.87. The van der Waals surface area contributed by atoms with E-state index in [-0.39, 0.29) is 17.9 Å². The van der Waals surface area contributed by atoms with Crippen LogP contribution in [0.15, 0.2) is 60.3 Å². The summed E-state index contributed by atoms with van der Waals surface area (Å²) >= 11 is 0. The minimum absolute atomic E-state index is 0.0597. The molecular formula is C19H16F3N3O2. The predicted molar refractivity (Wildman–Crippen MR) is 93.0 cm³/mol. The first-order valence-electron chi connectivity index (χ1n) is 7.84. The van der Waals surface area contributed by atoms with E-state index >= 15 is 0 Å². The minimum Gasteiger partial charge on any atom is -0.392 e. The molecule has 0 radical (unpaired) electrons. The lowest BCUT2D eigenvalue weighted by Crippen LogP contribution is -2.17. The Balaban J connectivity index is 2.00. The highest BCUT2D eigenvalue weighted by molar-refractivity contribution is 6.06. The Labute approximate surface area is 153 Å². The number of carbonyl (C=O) groups is 1. The molecular weight excluding hydrogens is 359 g/mol. The summed E-state index contributed by atoms with van der Waals surface area (Å²) in [7, 11) is 0. The van der Waals surface area contributed by atoms with Gasteiger partial charge in [-0.05, 0) is 29.3 Å². The van der Waals surface area contributed by atoms with Crippen LogP contribution in [0.1, 0.15) is 16.7 Å². The number of rotatable bonds is 6. The Morgan fingerprint density at radius 3 is 2.41 bits per heavy atom. The van der Waals surface area contributed by atoms with Gasteiger partial charge in [-0.3, -0.25) is 4.79 Å². The van der Waals surface area contributed by atoms with E-state index in [1.54, 1.807) is 30.3 Å². The number of nitrogens with one attached hydrogen (secondary N) is 2. The monoisotopic (exact) mass is 375 g/mol. The molecule has 27 heavy (non-hydrogen) atoms. The van der Waals surface area contributed by atoms with Crippen molar-refractivity contribution in [2.24, 2.45) is 0 Å². The van der Waals surface area contributed by atoms with E-state index in [9.17, 15) is 18.0 Å². The maximum Gasteiger partial charge on any atom is 0.416 e. The molecule has 0 aromatic heterocycles. The van der Waals surface area contributed by atoms with Crippen molar-refractivity contribution >= 4 is 11.6 Å². The summed E-state index contributed by atoms with van der Waals surface area (Å²) in [4.78, 5) is 12.1. The average Bonchev–Trinajstić information content (AvgIpc) is 2.65. The number of aliphatic hydroxyl groups is 1. The van der Waals surface area contributed by atoms with E-state index in [1.807, 2.05) is 0 Å². The van der Waals surface area contributed by atoms with Gasteiger partial charge in [-0.25, -0.2) is 0 Å². The molecule has 0 saturated carbocycles. The standard InChI is InChI=1S/C19H16F3N3O2/c20-19(21,22)16-2-1-3-17(8-16)25-18(27)15(9-23)11-24-10-13-4-6-14(12-26)7-5-13/h1-8,11,24,26H,10,12H2,(H,25,27)/b15-11-. The Hall–Kier alpha value is -3.31. The molecule has 140 valence electrons. The number of carbonyl (C=O) groups excluding carboxylic acids is 1. The van der Waals surface area contributed by atoms with E-state index < -0.39 is 17.6 Å². The first-order chi connectivity index (χ1) is 12.8. The zero-order valence-corrected chi connectivity index (χ0v) is 14.0. The van der Waals surface area contributed by atoms with Gasteiger partial charge >= 0.3 is 6.18 Å². The summed E-state index contributed by atoms with van der Waals surface area (Å²) in [6.45, 7) is 0.260.